The van der Waals surface area contributed by atoms with Gasteiger partial charge in [0.25, 0.3) is 7.12 Å². The Balaban J connectivity index is 3.60. The molecule has 98 valence electrons. The zero-order chi connectivity index (χ0) is 14.4. The molecule has 0 bridgehead atoms. The van der Waals surface area contributed by atoms with E-state index in [4.69, 9.17) is 0 Å². The maximum Gasteiger partial charge on any atom is 0.416 e. The first-order valence-electron chi connectivity index (χ1n) is 4.14. The Kier molecular flexibility index (Phi) is 3.45. The van der Waals surface area contributed by atoms with E-state index in [-0.39, 0.29) is 18.2 Å². The molecule has 0 saturated heterocycles. The molecular formula is C8H3BF6O2S. The van der Waals surface area contributed by atoms with Crippen LogP contribution in [0.1, 0.15) is 11.1 Å². The number of hydrogen-bond acceptors (Lipinski definition) is 2. The topological polar surface area (TPSA) is 34.1 Å². The number of hydrogen-bond donors (Lipinski definition) is 0. The average Bonchev–Trinajstić information content (AvgIpc) is 2.13. The fourth-order valence-corrected chi connectivity index (χ4v) is 1.67. The molecular weight excluding hydrogens is 285 g/mol. The summed E-state index contributed by atoms with van der Waals surface area (Å²) in [6.45, 7) is 0. The van der Waals surface area contributed by atoms with E-state index in [1.807, 2.05) is 0 Å². The SMILES string of the molecule is [B]S(=O)(=O)c1cc(C(F)(F)F)cc(C(F)(F)F)c1. The van der Waals surface area contributed by atoms with Gasteiger partial charge in [0.1, 0.15) is 9.69 Å². The van der Waals surface area contributed by atoms with E-state index in [0.29, 0.717) is 0 Å². The first kappa shape index (κ1) is 14.9. The van der Waals surface area contributed by atoms with Crippen molar-refractivity contribution < 1.29 is 34.8 Å². The third kappa shape index (κ3) is 3.41. The molecule has 18 heavy (non-hydrogen) atoms. The Morgan fingerprint density at radius 1 is 0.833 bits per heavy atom. The summed E-state index contributed by atoms with van der Waals surface area (Å²) < 4.78 is 95.6. The van der Waals surface area contributed by atoms with E-state index in [1.165, 1.54) is 0 Å². The van der Waals surface area contributed by atoms with E-state index in [0.717, 1.165) is 0 Å². The highest BCUT2D eigenvalue weighted by Crippen LogP contribution is 2.37. The quantitative estimate of drug-likeness (QED) is 0.588. The Morgan fingerprint density at radius 2 is 1.17 bits per heavy atom. The minimum atomic E-state index is -5.11. The van der Waals surface area contributed by atoms with Crippen molar-refractivity contribution in [1.82, 2.24) is 0 Å². The molecule has 0 spiro atoms. The molecule has 0 saturated carbocycles. The smallest absolute Gasteiger partial charge is 0.238 e. The minimum absolute atomic E-state index is 0.0462. The molecule has 0 heterocycles. The van der Waals surface area contributed by atoms with Crippen molar-refractivity contribution in [1.29, 1.82) is 0 Å². The van der Waals surface area contributed by atoms with Gasteiger partial charge in [-0.1, -0.05) is 0 Å². The Hall–Kier alpha value is -1.19. The van der Waals surface area contributed by atoms with Crippen molar-refractivity contribution in [3.8, 4) is 0 Å². The maximum atomic E-state index is 12.3. The molecule has 1 rings (SSSR count). The molecule has 0 fully saturated rings. The summed E-state index contributed by atoms with van der Waals surface area (Å²) in [5, 5.41) is 0. The van der Waals surface area contributed by atoms with Crippen LogP contribution in [0.15, 0.2) is 23.1 Å². The maximum absolute atomic E-state index is 12.3. The van der Waals surface area contributed by atoms with Crippen LogP contribution in [0.3, 0.4) is 0 Å². The molecule has 1 aromatic carbocycles. The van der Waals surface area contributed by atoms with Gasteiger partial charge in [-0.2, -0.15) is 26.3 Å². The largest absolute Gasteiger partial charge is 0.416 e. The molecule has 0 atom stereocenters. The van der Waals surface area contributed by atoms with Crippen LogP contribution in [0.5, 0.6) is 0 Å². The second-order valence-corrected chi connectivity index (χ2v) is 4.85. The number of alkyl halides is 6. The first-order valence-corrected chi connectivity index (χ1v) is 5.69. The van der Waals surface area contributed by atoms with E-state index in [9.17, 15) is 34.8 Å². The van der Waals surface area contributed by atoms with Crippen molar-refractivity contribution >= 4 is 16.8 Å². The van der Waals surface area contributed by atoms with Crippen LogP contribution in [0.25, 0.3) is 0 Å². The van der Waals surface area contributed by atoms with Gasteiger partial charge in [-0.3, -0.25) is 0 Å². The third-order valence-electron chi connectivity index (χ3n) is 1.89. The summed E-state index contributed by atoms with van der Waals surface area (Å²) in [4.78, 5) is -1.25. The summed E-state index contributed by atoms with van der Waals surface area (Å²) in [6, 6.07) is -0.0934. The predicted molar refractivity (Wildman–Crippen MR) is 49.4 cm³/mol. The van der Waals surface area contributed by atoms with Gasteiger partial charge in [-0.25, -0.2) is 8.42 Å². The fourth-order valence-electron chi connectivity index (χ4n) is 1.09. The lowest BCUT2D eigenvalue weighted by Crippen LogP contribution is -2.13. The van der Waals surface area contributed by atoms with Crippen molar-refractivity contribution in [2.45, 2.75) is 17.2 Å². The number of rotatable bonds is 1. The summed E-state index contributed by atoms with van der Waals surface area (Å²) in [5.41, 5.74) is -3.47. The molecule has 2 nitrogen and oxygen atoms in total. The van der Waals surface area contributed by atoms with Gasteiger partial charge in [0.05, 0.1) is 16.0 Å². The number of benzene rings is 1. The van der Waals surface area contributed by atoms with Crippen LogP contribution >= 0.6 is 0 Å². The monoisotopic (exact) mass is 288 g/mol. The molecule has 1 aromatic rings. The number of halogens is 6. The Labute approximate surface area is 98.8 Å². The minimum Gasteiger partial charge on any atom is -0.238 e. The second-order valence-electron chi connectivity index (χ2n) is 3.29. The second kappa shape index (κ2) is 4.18. The van der Waals surface area contributed by atoms with Crippen molar-refractivity contribution in [2.75, 3.05) is 0 Å². The van der Waals surface area contributed by atoms with Crippen LogP contribution in [-0.4, -0.2) is 15.5 Å². The Morgan fingerprint density at radius 3 is 1.39 bits per heavy atom. The van der Waals surface area contributed by atoms with Crippen LogP contribution in [0.2, 0.25) is 0 Å². The van der Waals surface area contributed by atoms with Gasteiger partial charge in [0, 0.05) is 0 Å². The molecule has 2 radical (unpaired) electrons. The molecule has 0 unspecified atom stereocenters. The summed E-state index contributed by atoms with van der Waals surface area (Å²) >= 11 is 0. The molecule has 0 amide bonds. The molecule has 0 aromatic heterocycles. The molecule has 0 aliphatic carbocycles. The highest BCUT2D eigenvalue weighted by molar-refractivity contribution is 8.12. The van der Waals surface area contributed by atoms with Crippen molar-refractivity contribution in [3.05, 3.63) is 29.3 Å². The van der Waals surface area contributed by atoms with E-state index in [1.54, 1.807) is 0 Å². The lowest BCUT2D eigenvalue weighted by Gasteiger charge is -2.13. The normalized spacial score (nSPS) is 13.7. The lowest BCUT2D eigenvalue weighted by atomic mass is 10.1. The first-order chi connectivity index (χ1) is 7.82. The summed E-state index contributed by atoms with van der Waals surface area (Å²) in [7, 11) is -0.150. The zero-order valence-electron chi connectivity index (χ0n) is 8.30. The average molecular weight is 288 g/mol. The zero-order valence-corrected chi connectivity index (χ0v) is 9.12. The van der Waals surface area contributed by atoms with Crippen LogP contribution in [0, 0.1) is 0 Å². The van der Waals surface area contributed by atoms with Gasteiger partial charge in [0.15, 0.2) is 0 Å². The predicted octanol–water partition coefficient (Wildman–Crippen LogP) is 2.58. The fraction of sp³-hybridized carbons (Fsp3) is 0.250. The summed E-state index contributed by atoms with van der Waals surface area (Å²) in [6.07, 6.45) is -10.2. The van der Waals surface area contributed by atoms with Crippen LogP contribution in [0.4, 0.5) is 26.3 Å². The van der Waals surface area contributed by atoms with Gasteiger partial charge < -0.3 is 0 Å². The van der Waals surface area contributed by atoms with Crippen LogP contribution in [-0.2, 0) is 22.0 Å². The van der Waals surface area contributed by atoms with Gasteiger partial charge in [-0.05, 0) is 18.2 Å². The highest BCUT2D eigenvalue weighted by atomic mass is 32.2. The third-order valence-corrected chi connectivity index (χ3v) is 2.78. The molecule has 0 aliphatic rings. The van der Waals surface area contributed by atoms with Crippen molar-refractivity contribution in [3.63, 3.8) is 0 Å². The summed E-state index contributed by atoms with van der Waals surface area (Å²) in [5.74, 6) is 0. The standard InChI is InChI=1S/C8H3BF6O2S/c9-18(16,17)6-2-4(7(10,11)12)1-5(3-6)8(13,14)15/h1-3H. The van der Waals surface area contributed by atoms with E-state index in [2.05, 4.69) is 7.12 Å². The van der Waals surface area contributed by atoms with Crippen molar-refractivity contribution in [2.24, 2.45) is 0 Å². The van der Waals surface area contributed by atoms with E-state index < -0.39 is 38.1 Å². The molecule has 10 heteroatoms. The van der Waals surface area contributed by atoms with Gasteiger partial charge in [0.2, 0.25) is 0 Å². The van der Waals surface area contributed by atoms with Crippen LogP contribution < -0.4 is 0 Å². The lowest BCUT2D eigenvalue weighted by molar-refractivity contribution is -0.143. The van der Waals surface area contributed by atoms with Gasteiger partial charge in [-0.15, -0.1) is 0 Å². The van der Waals surface area contributed by atoms with Gasteiger partial charge >= 0.3 is 12.4 Å². The highest BCUT2D eigenvalue weighted by Gasteiger charge is 2.37. The molecule has 0 N–H and O–H groups in total. The van der Waals surface area contributed by atoms with E-state index >= 15 is 0 Å². The molecule has 0 aliphatic heterocycles. The Bertz CT molecular complexity index is 528.